The molecule has 3 amide bonds. The van der Waals surface area contributed by atoms with Crippen molar-refractivity contribution in [3.8, 4) is 0 Å². The molecule has 0 aliphatic heterocycles. The van der Waals surface area contributed by atoms with Crippen LogP contribution in [0.15, 0.2) is 12.8 Å². The molecule has 0 radical (unpaired) electrons. The van der Waals surface area contributed by atoms with Gasteiger partial charge in [0.25, 0.3) is 0 Å². The fraction of sp³-hybridized carbons (Fsp3) is 0.733. The molecule has 0 aromatic carbocycles. The van der Waals surface area contributed by atoms with E-state index >= 15 is 0 Å². The second-order valence-electron chi connectivity index (χ2n) is 5.26. The smallest absolute Gasteiger partial charge is 0.317 e. The molecule has 0 spiro atoms. The number of hydrogen-bond acceptors (Lipinski definition) is 3. The van der Waals surface area contributed by atoms with E-state index in [1.165, 1.54) is 16.0 Å². The van der Waals surface area contributed by atoms with Gasteiger partial charge in [-0.1, -0.05) is 26.3 Å². The minimum atomic E-state index is -0.540. The highest BCUT2D eigenvalue weighted by Gasteiger charge is 2.25. The molecule has 0 fully saturated rings. The van der Waals surface area contributed by atoms with Crippen molar-refractivity contribution < 1.29 is 14.3 Å². The number of nitrogens with one attached hydrogen (secondary N) is 1. The van der Waals surface area contributed by atoms with Gasteiger partial charge in [0, 0.05) is 21.2 Å². The van der Waals surface area contributed by atoms with Crippen molar-refractivity contribution in [2.24, 2.45) is 0 Å². The maximum atomic E-state index is 12.6. The molecule has 122 valence electrons. The molecule has 6 nitrogen and oxygen atoms in total. The summed E-state index contributed by atoms with van der Waals surface area (Å²) < 4.78 is 5.18. The summed E-state index contributed by atoms with van der Waals surface area (Å²) in [5.41, 5.74) is 0. The van der Waals surface area contributed by atoms with E-state index in [4.69, 9.17) is 4.74 Å². The van der Waals surface area contributed by atoms with Gasteiger partial charge < -0.3 is 19.9 Å². The molecule has 0 bridgehead atoms. The lowest BCUT2D eigenvalue weighted by molar-refractivity contribution is -0.132. The molecule has 0 saturated heterocycles. The SMILES string of the molecule is C=CN(CC(C)OC)C(=O)C(CCCC)NC(=O)N(C)C. The van der Waals surface area contributed by atoms with Crippen LogP contribution >= 0.6 is 0 Å². The number of unbranched alkanes of at least 4 members (excludes halogenated alkanes) is 1. The van der Waals surface area contributed by atoms with Crippen molar-refractivity contribution in [3.05, 3.63) is 12.8 Å². The van der Waals surface area contributed by atoms with Crippen LogP contribution in [0.3, 0.4) is 0 Å². The molecule has 6 heteroatoms. The highest BCUT2D eigenvalue weighted by molar-refractivity contribution is 5.87. The Kier molecular flexibility index (Phi) is 9.45. The van der Waals surface area contributed by atoms with Crippen LogP contribution in [0.25, 0.3) is 0 Å². The number of urea groups is 1. The summed E-state index contributed by atoms with van der Waals surface area (Å²) in [7, 11) is 4.89. The van der Waals surface area contributed by atoms with Crippen molar-refractivity contribution in [1.29, 1.82) is 0 Å². The van der Waals surface area contributed by atoms with Gasteiger partial charge >= 0.3 is 6.03 Å². The summed E-state index contributed by atoms with van der Waals surface area (Å²) in [5, 5.41) is 2.76. The van der Waals surface area contributed by atoms with E-state index in [1.54, 1.807) is 21.2 Å². The van der Waals surface area contributed by atoms with Crippen LogP contribution in [0.1, 0.15) is 33.1 Å². The quantitative estimate of drug-likeness (QED) is 0.706. The summed E-state index contributed by atoms with van der Waals surface area (Å²) in [6.07, 6.45) is 3.83. The van der Waals surface area contributed by atoms with Crippen molar-refractivity contribution in [3.63, 3.8) is 0 Å². The molecule has 0 aromatic rings. The molecule has 0 heterocycles. The first kappa shape index (κ1) is 19.4. The van der Waals surface area contributed by atoms with E-state index in [9.17, 15) is 9.59 Å². The summed E-state index contributed by atoms with van der Waals surface area (Å²) in [4.78, 5) is 27.3. The Morgan fingerprint density at radius 3 is 2.43 bits per heavy atom. The lowest BCUT2D eigenvalue weighted by Gasteiger charge is -2.27. The number of ether oxygens (including phenoxy) is 1. The van der Waals surface area contributed by atoms with E-state index in [2.05, 4.69) is 11.9 Å². The summed E-state index contributed by atoms with van der Waals surface area (Å²) in [6, 6.07) is -0.810. The molecule has 2 atom stereocenters. The van der Waals surface area contributed by atoms with Gasteiger partial charge in [-0.05, 0) is 19.5 Å². The predicted molar refractivity (Wildman–Crippen MR) is 83.9 cm³/mol. The highest BCUT2D eigenvalue weighted by atomic mass is 16.5. The number of carbonyl (C=O) groups excluding carboxylic acids is 2. The maximum Gasteiger partial charge on any atom is 0.317 e. The molecule has 2 unspecified atom stereocenters. The Hall–Kier alpha value is -1.56. The fourth-order valence-corrected chi connectivity index (χ4v) is 1.75. The average molecular weight is 299 g/mol. The second-order valence-corrected chi connectivity index (χ2v) is 5.26. The van der Waals surface area contributed by atoms with Crippen molar-refractivity contribution in [1.82, 2.24) is 15.1 Å². The summed E-state index contributed by atoms with van der Waals surface area (Å²) in [5.74, 6) is -0.155. The number of nitrogens with zero attached hydrogens (tertiary/aromatic N) is 2. The topological polar surface area (TPSA) is 61.9 Å². The number of rotatable bonds is 9. The van der Waals surface area contributed by atoms with Crippen LogP contribution in [0.2, 0.25) is 0 Å². The van der Waals surface area contributed by atoms with Crippen molar-refractivity contribution in [2.45, 2.75) is 45.3 Å². The zero-order valence-electron chi connectivity index (χ0n) is 13.9. The van der Waals surface area contributed by atoms with Crippen molar-refractivity contribution >= 4 is 11.9 Å². The van der Waals surface area contributed by atoms with Gasteiger partial charge in [0.15, 0.2) is 0 Å². The third kappa shape index (κ3) is 7.13. The van der Waals surface area contributed by atoms with E-state index in [1.807, 2.05) is 13.8 Å². The third-order valence-electron chi connectivity index (χ3n) is 3.21. The first-order valence-corrected chi connectivity index (χ1v) is 7.30. The Balaban J connectivity index is 4.88. The fourth-order valence-electron chi connectivity index (χ4n) is 1.75. The third-order valence-corrected chi connectivity index (χ3v) is 3.21. The molecule has 21 heavy (non-hydrogen) atoms. The molecule has 0 aliphatic carbocycles. The second kappa shape index (κ2) is 10.2. The number of amides is 3. The molecule has 1 N–H and O–H groups in total. The van der Waals surface area contributed by atoms with Gasteiger partial charge in [0.05, 0.1) is 12.6 Å². The number of methoxy groups -OCH3 is 1. The largest absolute Gasteiger partial charge is 0.380 e. The maximum absolute atomic E-state index is 12.6. The van der Waals surface area contributed by atoms with Gasteiger partial charge in [0.2, 0.25) is 5.91 Å². The van der Waals surface area contributed by atoms with E-state index in [0.29, 0.717) is 13.0 Å². The predicted octanol–water partition coefficient (Wildman–Crippen LogP) is 1.82. The molecule has 0 aromatic heterocycles. The standard InChI is InChI=1S/C15H29N3O3/c1-7-9-10-13(16-15(20)17(4)5)14(19)18(8-2)11-12(3)21-6/h8,12-13H,2,7,9-11H2,1,3-6H3,(H,16,20). The van der Waals surface area contributed by atoms with Gasteiger partial charge in [0.1, 0.15) is 6.04 Å². The molecule has 0 saturated carbocycles. The minimum absolute atomic E-state index is 0.0941. The first-order valence-electron chi connectivity index (χ1n) is 7.30. The lowest BCUT2D eigenvalue weighted by Crippen LogP contribution is -2.50. The molecular weight excluding hydrogens is 270 g/mol. The van der Waals surface area contributed by atoms with Crippen LogP contribution in [0.4, 0.5) is 4.79 Å². The number of hydrogen-bond donors (Lipinski definition) is 1. The van der Waals surface area contributed by atoms with Crippen LogP contribution in [0.5, 0.6) is 0 Å². The first-order chi connectivity index (χ1) is 9.87. The van der Waals surface area contributed by atoms with E-state index < -0.39 is 6.04 Å². The van der Waals surface area contributed by atoms with Gasteiger partial charge in [-0.25, -0.2) is 4.79 Å². The average Bonchev–Trinajstić information content (AvgIpc) is 2.47. The summed E-state index contributed by atoms with van der Waals surface area (Å²) in [6.45, 7) is 8.02. The zero-order valence-corrected chi connectivity index (χ0v) is 13.9. The Labute approximate surface area is 128 Å². The molecular formula is C15H29N3O3. The Morgan fingerprint density at radius 2 is 2.00 bits per heavy atom. The normalized spacial score (nSPS) is 13.2. The Morgan fingerprint density at radius 1 is 1.38 bits per heavy atom. The van der Waals surface area contributed by atoms with Crippen LogP contribution < -0.4 is 5.32 Å². The lowest BCUT2D eigenvalue weighted by atomic mass is 10.1. The van der Waals surface area contributed by atoms with E-state index in [0.717, 1.165) is 12.8 Å². The molecule has 0 rings (SSSR count). The van der Waals surface area contributed by atoms with Crippen LogP contribution in [-0.4, -0.2) is 61.6 Å². The van der Waals surface area contributed by atoms with E-state index in [-0.39, 0.29) is 18.0 Å². The monoisotopic (exact) mass is 299 g/mol. The van der Waals surface area contributed by atoms with Crippen LogP contribution in [-0.2, 0) is 9.53 Å². The van der Waals surface area contributed by atoms with Gasteiger partial charge in [-0.15, -0.1) is 0 Å². The van der Waals surface area contributed by atoms with Crippen LogP contribution in [0, 0.1) is 0 Å². The highest BCUT2D eigenvalue weighted by Crippen LogP contribution is 2.07. The summed E-state index contributed by atoms with van der Waals surface area (Å²) >= 11 is 0. The van der Waals surface area contributed by atoms with Gasteiger partial charge in [-0.2, -0.15) is 0 Å². The van der Waals surface area contributed by atoms with Gasteiger partial charge in [-0.3, -0.25) is 4.79 Å². The minimum Gasteiger partial charge on any atom is -0.380 e. The Bertz CT molecular complexity index is 345. The number of carbonyl (C=O) groups is 2. The van der Waals surface area contributed by atoms with Crippen molar-refractivity contribution in [2.75, 3.05) is 27.7 Å². The molecule has 0 aliphatic rings. The zero-order chi connectivity index (χ0) is 16.4.